The molecule has 0 unspecified atom stereocenters. The Balaban J connectivity index is 2.28. The van der Waals surface area contributed by atoms with E-state index in [0.29, 0.717) is 5.82 Å². The van der Waals surface area contributed by atoms with Gasteiger partial charge in [0.1, 0.15) is 5.82 Å². The Kier molecular flexibility index (Phi) is 3.52. The van der Waals surface area contributed by atoms with Crippen molar-refractivity contribution in [2.75, 3.05) is 5.32 Å². The van der Waals surface area contributed by atoms with Crippen molar-refractivity contribution in [3.05, 3.63) is 58.3 Å². The summed E-state index contributed by atoms with van der Waals surface area (Å²) in [4.78, 5) is 14.3. The van der Waals surface area contributed by atoms with E-state index in [1.54, 1.807) is 0 Å². The third-order valence-electron chi connectivity index (χ3n) is 2.62. The summed E-state index contributed by atoms with van der Waals surface area (Å²) in [6, 6.07) is 10.6. The van der Waals surface area contributed by atoms with Gasteiger partial charge in [-0.15, -0.1) is 0 Å². The highest BCUT2D eigenvalue weighted by Crippen LogP contribution is 2.22. The van der Waals surface area contributed by atoms with Crippen LogP contribution in [0.5, 0.6) is 0 Å². The van der Waals surface area contributed by atoms with Crippen LogP contribution in [-0.4, -0.2) is 9.91 Å². The Bertz CT molecular complexity index is 570. The van der Waals surface area contributed by atoms with Crippen molar-refractivity contribution in [3.8, 4) is 0 Å². The van der Waals surface area contributed by atoms with E-state index in [1.807, 2.05) is 24.3 Å². The monoisotopic (exact) mass is 243 g/mol. The lowest BCUT2D eigenvalue weighted by atomic mass is 10.1. The number of para-hydroxylation sites is 1. The first-order valence-electron chi connectivity index (χ1n) is 5.66. The molecule has 1 aromatic heterocycles. The van der Waals surface area contributed by atoms with Crippen LogP contribution >= 0.6 is 0 Å². The van der Waals surface area contributed by atoms with E-state index in [1.165, 1.54) is 18.3 Å². The minimum absolute atomic E-state index is 0.0291. The minimum atomic E-state index is -0.432. The fourth-order valence-corrected chi connectivity index (χ4v) is 1.69. The summed E-state index contributed by atoms with van der Waals surface area (Å²) >= 11 is 0. The summed E-state index contributed by atoms with van der Waals surface area (Å²) in [6.07, 6.45) is 2.31. The lowest BCUT2D eigenvalue weighted by molar-refractivity contribution is -0.384. The van der Waals surface area contributed by atoms with Crippen LogP contribution in [0.4, 0.5) is 17.2 Å². The van der Waals surface area contributed by atoms with Crippen molar-refractivity contribution < 1.29 is 4.92 Å². The molecule has 0 saturated heterocycles. The number of nitrogens with zero attached hydrogens (tertiary/aromatic N) is 2. The molecule has 0 saturated carbocycles. The van der Waals surface area contributed by atoms with Crippen molar-refractivity contribution >= 4 is 17.2 Å². The molecule has 2 rings (SSSR count). The van der Waals surface area contributed by atoms with Crippen LogP contribution in [0.25, 0.3) is 0 Å². The molecule has 0 atom stereocenters. The number of pyridine rings is 1. The summed E-state index contributed by atoms with van der Waals surface area (Å²) < 4.78 is 0. The van der Waals surface area contributed by atoms with Gasteiger partial charge in [0.15, 0.2) is 0 Å². The lowest BCUT2D eigenvalue weighted by Crippen LogP contribution is -1.98. The summed E-state index contributed by atoms with van der Waals surface area (Å²) in [6.45, 7) is 2.06. The highest BCUT2D eigenvalue weighted by Gasteiger charge is 2.07. The number of benzene rings is 1. The van der Waals surface area contributed by atoms with E-state index in [9.17, 15) is 10.1 Å². The second-order valence-corrected chi connectivity index (χ2v) is 3.79. The second kappa shape index (κ2) is 5.27. The Morgan fingerprint density at radius 2 is 2.11 bits per heavy atom. The van der Waals surface area contributed by atoms with Gasteiger partial charge in [-0.25, -0.2) is 4.98 Å². The van der Waals surface area contributed by atoms with Crippen LogP contribution in [0, 0.1) is 10.1 Å². The molecule has 1 N–H and O–H groups in total. The zero-order chi connectivity index (χ0) is 13.0. The smallest absolute Gasteiger partial charge is 0.274 e. The second-order valence-electron chi connectivity index (χ2n) is 3.79. The van der Waals surface area contributed by atoms with E-state index in [0.717, 1.165) is 17.7 Å². The van der Waals surface area contributed by atoms with Gasteiger partial charge in [0.05, 0.1) is 11.0 Å². The Morgan fingerprint density at radius 3 is 2.83 bits per heavy atom. The van der Waals surface area contributed by atoms with Crippen LogP contribution in [-0.2, 0) is 6.42 Å². The maximum Gasteiger partial charge on any atom is 0.274 e. The molecule has 5 heteroatoms. The quantitative estimate of drug-likeness (QED) is 0.660. The zero-order valence-corrected chi connectivity index (χ0v) is 9.96. The molecule has 92 valence electrons. The third-order valence-corrected chi connectivity index (χ3v) is 2.62. The van der Waals surface area contributed by atoms with Crippen molar-refractivity contribution in [3.63, 3.8) is 0 Å². The van der Waals surface area contributed by atoms with Gasteiger partial charge in [-0.2, -0.15) is 0 Å². The van der Waals surface area contributed by atoms with Crippen molar-refractivity contribution in [2.45, 2.75) is 13.3 Å². The number of rotatable bonds is 4. The van der Waals surface area contributed by atoms with E-state index in [2.05, 4.69) is 17.2 Å². The van der Waals surface area contributed by atoms with Crippen LogP contribution in [0.3, 0.4) is 0 Å². The van der Waals surface area contributed by atoms with E-state index < -0.39 is 4.92 Å². The Morgan fingerprint density at radius 1 is 1.33 bits per heavy atom. The summed E-state index contributed by atoms with van der Waals surface area (Å²) in [5, 5.41) is 13.8. The summed E-state index contributed by atoms with van der Waals surface area (Å²) in [5.74, 6) is 0.477. The third kappa shape index (κ3) is 2.63. The molecule has 1 heterocycles. The fourth-order valence-electron chi connectivity index (χ4n) is 1.69. The molecule has 1 aromatic carbocycles. The molecule has 0 spiro atoms. The molecule has 5 nitrogen and oxygen atoms in total. The number of aryl methyl sites for hydroxylation is 1. The molecule has 18 heavy (non-hydrogen) atoms. The molecule has 0 aliphatic rings. The molecule has 0 radical (unpaired) electrons. The largest absolute Gasteiger partial charge is 0.340 e. The first-order chi connectivity index (χ1) is 8.70. The van der Waals surface area contributed by atoms with Crippen LogP contribution in [0.1, 0.15) is 12.5 Å². The molecule has 0 amide bonds. The predicted octanol–water partition coefficient (Wildman–Crippen LogP) is 3.30. The average Bonchev–Trinajstić information content (AvgIpc) is 2.39. The Hall–Kier alpha value is -2.43. The highest BCUT2D eigenvalue weighted by molar-refractivity contribution is 5.62. The van der Waals surface area contributed by atoms with Crippen molar-refractivity contribution in [1.29, 1.82) is 0 Å². The summed E-state index contributed by atoms with van der Waals surface area (Å²) in [7, 11) is 0. The SMILES string of the molecule is CCc1ccccc1Nc1cc([N+](=O)[O-])ccn1. The van der Waals surface area contributed by atoms with E-state index >= 15 is 0 Å². The van der Waals surface area contributed by atoms with Gasteiger partial charge >= 0.3 is 0 Å². The molecular weight excluding hydrogens is 230 g/mol. The molecule has 0 bridgehead atoms. The van der Waals surface area contributed by atoms with Crippen molar-refractivity contribution in [2.24, 2.45) is 0 Å². The van der Waals surface area contributed by atoms with Crippen LogP contribution < -0.4 is 5.32 Å². The van der Waals surface area contributed by atoms with Crippen molar-refractivity contribution in [1.82, 2.24) is 4.98 Å². The lowest BCUT2D eigenvalue weighted by Gasteiger charge is -2.09. The van der Waals surface area contributed by atoms with Gasteiger partial charge in [0.25, 0.3) is 5.69 Å². The number of aromatic nitrogens is 1. The fraction of sp³-hybridized carbons (Fsp3) is 0.154. The summed E-state index contributed by atoms with van der Waals surface area (Å²) in [5.41, 5.74) is 2.10. The predicted molar refractivity (Wildman–Crippen MR) is 70.0 cm³/mol. The van der Waals surface area contributed by atoms with Crippen LogP contribution in [0.2, 0.25) is 0 Å². The molecule has 0 aliphatic carbocycles. The highest BCUT2D eigenvalue weighted by atomic mass is 16.6. The molecule has 2 aromatic rings. The van der Waals surface area contributed by atoms with Gasteiger partial charge in [0, 0.05) is 18.0 Å². The van der Waals surface area contributed by atoms with Gasteiger partial charge in [-0.3, -0.25) is 10.1 Å². The normalized spacial score (nSPS) is 10.1. The number of nitro groups is 1. The zero-order valence-electron chi connectivity index (χ0n) is 9.96. The van der Waals surface area contributed by atoms with Gasteiger partial charge in [-0.1, -0.05) is 25.1 Å². The Labute approximate surface area is 105 Å². The standard InChI is InChI=1S/C13H13N3O2/c1-2-10-5-3-4-6-12(10)15-13-9-11(16(17)18)7-8-14-13/h3-9H,2H2,1H3,(H,14,15). The van der Waals surface area contributed by atoms with E-state index in [4.69, 9.17) is 0 Å². The molecule has 0 aliphatic heterocycles. The maximum atomic E-state index is 10.7. The number of anilines is 2. The topological polar surface area (TPSA) is 68.1 Å². The first kappa shape index (κ1) is 12.0. The molecule has 0 fully saturated rings. The van der Waals surface area contributed by atoms with E-state index in [-0.39, 0.29) is 5.69 Å². The first-order valence-corrected chi connectivity index (χ1v) is 5.66. The average molecular weight is 243 g/mol. The minimum Gasteiger partial charge on any atom is -0.340 e. The number of nitrogens with one attached hydrogen (secondary N) is 1. The number of hydrogen-bond acceptors (Lipinski definition) is 4. The maximum absolute atomic E-state index is 10.7. The van der Waals surface area contributed by atoms with Gasteiger partial charge in [-0.05, 0) is 18.1 Å². The number of hydrogen-bond donors (Lipinski definition) is 1. The molecular formula is C13H13N3O2. The van der Waals surface area contributed by atoms with Gasteiger partial charge < -0.3 is 5.32 Å². The van der Waals surface area contributed by atoms with Crippen LogP contribution in [0.15, 0.2) is 42.6 Å². The van der Waals surface area contributed by atoms with Gasteiger partial charge in [0.2, 0.25) is 0 Å².